The average Bonchev–Trinajstić information content (AvgIpc) is 2.43. The van der Waals surface area contributed by atoms with Crippen LogP contribution in [-0.4, -0.2) is 10.2 Å². The molecule has 2 aliphatic heterocycles. The van der Waals surface area contributed by atoms with Crippen LogP contribution in [0.15, 0.2) is 19.1 Å². The van der Waals surface area contributed by atoms with E-state index in [-0.39, 0.29) is 15.9 Å². The fraction of sp³-hybridized carbons (Fsp3) is 0. The average molecular weight is 311 g/mol. The smallest absolute Gasteiger partial charge is 0.241 e. The normalized spacial score (nSPS) is 22.8. The summed E-state index contributed by atoms with van der Waals surface area (Å²) >= 11 is 4.04. The lowest BCUT2D eigenvalue weighted by Gasteiger charge is -1.89. The van der Waals surface area contributed by atoms with Crippen LogP contribution in [0, 0.1) is 0 Å². The predicted molar refractivity (Wildman–Crippen MR) is 57.5 cm³/mol. The van der Waals surface area contributed by atoms with E-state index < -0.39 is 0 Å². The minimum atomic E-state index is -0.144. The summed E-state index contributed by atoms with van der Waals surface area (Å²) in [5.74, 6) is 0. The van der Waals surface area contributed by atoms with E-state index in [9.17, 15) is 9.59 Å². The van der Waals surface area contributed by atoms with Gasteiger partial charge in [-0.3, -0.25) is 9.59 Å². The molecule has 0 bridgehead atoms. The Kier molecular flexibility index (Phi) is 2.00. The molecule has 0 aromatic heterocycles. The molecule has 0 fully saturated rings. The Bertz CT molecular complexity index is 336. The monoisotopic (exact) mass is 311 g/mol. The van der Waals surface area contributed by atoms with Gasteiger partial charge in [0.25, 0.3) is 0 Å². The van der Waals surface area contributed by atoms with E-state index in [0.29, 0.717) is 8.48 Å². The molecule has 0 radical (unpaired) electrons. The number of carbonyl (C=O) groups is 2. The van der Waals surface area contributed by atoms with Crippen molar-refractivity contribution in [3.63, 3.8) is 0 Å². The Labute approximate surface area is 90.3 Å². The highest BCUT2D eigenvalue weighted by atomic mass is 127. The van der Waals surface area contributed by atoms with Crippen molar-refractivity contribution < 1.29 is 9.59 Å². The first-order chi connectivity index (χ1) is 5.61. The van der Waals surface area contributed by atoms with Gasteiger partial charge in [0.05, 0.1) is 8.48 Å². The summed E-state index contributed by atoms with van der Waals surface area (Å²) in [5, 5.41) is -0.155. The third-order valence-electron chi connectivity index (χ3n) is 1.44. The van der Waals surface area contributed by atoms with Gasteiger partial charge in [0.1, 0.15) is 5.70 Å². The van der Waals surface area contributed by atoms with Gasteiger partial charge in [0.2, 0.25) is 10.2 Å². The number of hydrogen-bond acceptors (Lipinski definition) is 5. The predicted octanol–water partition coefficient (Wildman–Crippen LogP) is 1.35. The van der Waals surface area contributed by atoms with Crippen molar-refractivity contribution >= 4 is 56.3 Å². The van der Waals surface area contributed by atoms with Crippen molar-refractivity contribution in [1.29, 1.82) is 0 Å². The van der Waals surface area contributed by atoms with Crippen LogP contribution in [0.1, 0.15) is 0 Å². The molecular formula is C6H2INO2S2. The first-order valence-corrected chi connectivity index (χ1v) is 5.66. The van der Waals surface area contributed by atoms with Gasteiger partial charge in [0.15, 0.2) is 0 Å². The van der Waals surface area contributed by atoms with Crippen molar-refractivity contribution in [2.75, 3.05) is 0 Å². The highest BCUT2D eigenvalue weighted by Gasteiger charge is 2.37. The number of halogens is 1. The van der Waals surface area contributed by atoms with Crippen molar-refractivity contribution in [2.45, 2.75) is 0 Å². The molecule has 12 heavy (non-hydrogen) atoms. The standard InChI is InChI=1S/C6H2INO2S2/c7-1-3-4(12-5(1)9)2(8)6(10)11-3/h8H2. The van der Waals surface area contributed by atoms with Crippen molar-refractivity contribution in [3.8, 4) is 0 Å². The summed E-state index contributed by atoms with van der Waals surface area (Å²) in [6.45, 7) is 0. The molecule has 0 atom stereocenters. The number of rotatable bonds is 0. The molecule has 2 rings (SSSR count). The van der Waals surface area contributed by atoms with Crippen molar-refractivity contribution in [3.05, 3.63) is 19.1 Å². The zero-order chi connectivity index (χ0) is 8.88. The number of nitrogens with two attached hydrogens (primary N) is 1. The minimum absolute atomic E-state index is 0.0106. The zero-order valence-corrected chi connectivity index (χ0v) is 9.38. The summed E-state index contributed by atoms with van der Waals surface area (Å²) in [4.78, 5) is 23.6. The second kappa shape index (κ2) is 2.78. The van der Waals surface area contributed by atoms with E-state index in [1.54, 1.807) is 0 Å². The van der Waals surface area contributed by atoms with Gasteiger partial charge >= 0.3 is 0 Å². The third-order valence-corrected chi connectivity index (χ3v) is 5.36. The maximum absolute atomic E-state index is 11.1. The Hall–Kier alpha value is 0.0500. The van der Waals surface area contributed by atoms with Crippen LogP contribution in [0.25, 0.3) is 0 Å². The molecule has 6 heteroatoms. The van der Waals surface area contributed by atoms with Crippen molar-refractivity contribution in [2.24, 2.45) is 5.73 Å². The van der Waals surface area contributed by atoms with Crippen LogP contribution >= 0.6 is 46.1 Å². The van der Waals surface area contributed by atoms with E-state index >= 15 is 0 Å². The van der Waals surface area contributed by atoms with Crippen molar-refractivity contribution in [1.82, 2.24) is 0 Å². The third kappa shape index (κ3) is 1.05. The van der Waals surface area contributed by atoms with Crippen LogP contribution < -0.4 is 5.73 Å². The molecule has 0 amide bonds. The molecule has 2 N–H and O–H groups in total. The van der Waals surface area contributed by atoms with Gasteiger partial charge in [-0.25, -0.2) is 0 Å². The van der Waals surface area contributed by atoms with E-state index in [1.807, 2.05) is 22.6 Å². The van der Waals surface area contributed by atoms with Gasteiger partial charge in [-0.1, -0.05) is 0 Å². The first-order valence-electron chi connectivity index (χ1n) is 2.95. The van der Waals surface area contributed by atoms with Gasteiger partial charge in [0, 0.05) is 4.91 Å². The van der Waals surface area contributed by atoms with E-state index in [4.69, 9.17) is 5.73 Å². The van der Waals surface area contributed by atoms with Gasteiger partial charge in [-0.15, -0.1) is 0 Å². The summed E-state index contributed by atoms with van der Waals surface area (Å²) in [5.41, 5.74) is 5.71. The van der Waals surface area contributed by atoms with Crippen LogP contribution in [0.5, 0.6) is 0 Å². The maximum Gasteiger partial charge on any atom is 0.241 e. The number of thioether (sulfide) groups is 2. The summed E-state index contributed by atoms with van der Waals surface area (Å²) in [7, 11) is 0. The summed E-state index contributed by atoms with van der Waals surface area (Å²) in [6.07, 6.45) is 0. The summed E-state index contributed by atoms with van der Waals surface area (Å²) in [6, 6.07) is 0. The number of hydrogen-bond donors (Lipinski definition) is 1. The largest absolute Gasteiger partial charge is 0.394 e. The molecule has 0 aliphatic carbocycles. The lowest BCUT2D eigenvalue weighted by molar-refractivity contribution is -0.108. The minimum Gasteiger partial charge on any atom is -0.394 e. The topological polar surface area (TPSA) is 60.2 Å². The zero-order valence-electron chi connectivity index (χ0n) is 5.59. The van der Waals surface area contributed by atoms with Crippen LogP contribution in [0.3, 0.4) is 0 Å². The molecule has 62 valence electrons. The second-order valence-electron chi connectivity index (χ2n) is 2.16. The molecule has 0 saturated heterocycles. The Morgan fingerprint density at radius 1 is 1.08 bits per heavy atom. The highest BCUT2D eigenvalue weighted by Crippen LogP contribution is 2.51. The fourth-order valence-electron chi connectivity index (χ4n) is 0.885. The molecular weight excluding hydrogens is 309 g/mol. The molecule has 3 nitrogen and oxygen atoms in total. The SMILES string of the molecule is NC1=C2SC(=O)C(I)=C2SC1=O. The highest BCUT2D eigenvalue weighted by molar-refractivity contribution is 14.1. The molecule has 2 heterocycles. The van der Waals surface area contributed by atoms with Gasteiger partial charge in [-0.05, 0) is 46.1 Å². The molecule has 0 saturated carbocycles. The van der Waals surface area contributed by atoms with E-state index in [0.717, 1.165) is 28.4 Å². The molecule has 0 aromatic carbocycles. The fourth-order valence-corrected chi connectivity index (χ4v) is 3.93. The molecule has 0 unspecified atom stereocenters. The van der Waals surface area contributed by atoms with Gasteiger partial charge < -0.3 is 5.73 Å². The maximum atomic E-state index is 11.1. The van der Waals surface area contributed by atoms with Crippen LogP contribution in [0.4, 0.5) is 0 Å². The van der Waals surface area contributed by atoms with E-state index in [1.165, 1.54) is 0 Å². The van der Waals surface area contributed by atoms with Crippen LogP contribution in [-0.2, 0) is 9.59 Å². The molecule has 0 spiro atoms. The Balaban J connectivity index is 2.59. The Morgan fingerprint density at radius 3 is 2.25 bits per heavy atom. The summed E-state index contributed by atoms with van der Waals surface area (Å²) < 4.78 is 0.617. The number of carbonyl (C=O) groups excluding carboxylic acids is 2. The molecule has 0 aromatic rings. The second-order valence-corrected chi connectivity index (χ2v) is 5.21. The quantitative estimate of drug-likeness (QED) is 0.684. The molecule has 2 aliphatic rings. The lowest BCUT2D eigenvalue weighted by atomic mass is 10.4. The van der Waals surface area contributed by atoms with Crippen LogP contribution in [0.2, 0.25) is 0 Å². The Morgan fingerprint density at radius 2 is 1.67 bits per heavy atom. The van der Waals surface area contributed by atoms with Gasteiger partial charge in [-0.2, -0.15) is 0 Å². The first kappa shape index (κ1) is 8.64. The number of fused-ring (bicyclic) bond motifs is 1. The van der Waals surface area contributed by atoms with E-state index in [2.05, 4.69) is 0 Å². The lowest BCUT2D eigenvalue weighted by Crippen LogP contribution is -2.04.